The third-order valence-corrected chi connectivity index (χ3v) is 4.94. The normalized spacial score (nSPS) is 17.4. The van der Waals surface area contributed by atoms with Crippen molar-refractivity contribution in [3.05, 3.63) is 30.4 Å². The average Bonchev–Trinajstić information content (AvgIpc) is 3.39. The van der Waals surface area contributed by atoms with Gasteiger partial charge in [0.2, 0.25) is 5.95 Å². The molecule has 2 aliphatic rings. The van der Waals surface area contributed by atoms with E-state index in [-0.39, 0.29) is 5.91 Å². The highest BCUT2D eigenvalue weighted by Crippen LogP contribution is 2.32. The van der Waals surface area contributed by atoms with Crippen molar-refractivity contribution in [3.8, 4) is 11.1 Å². The van der Waals surface area contributed by atoms with E-state index < -0.39 is 0 Å². The van der Waals surface area contributed by atoms with Gasteiger partial charge in [-0.15, -0.1) is 0 Å². The number of hydrogen-bond acceptors (Lipinski definition) is 5. The summed E-state index contributed by atoms with van der Waals surface area (Å²) >= 11 is 0. The zero-order chi connectivity index (χ0) is 18.1. The predicted octanol–water partition coefficient (Wildman–Crippen LogP) is 1.89. The Labute approximate surface area is 153 Å². The highest BCUT2D eigenvalue weighted by molar-refractivity contribution is 5.94. The summed E-state index contributed by atoms with van der Waals surface area (Å²) in [6.45, 7) is 3.97. The Morgan fingerprint density at radius 2 is 1.88 bits per heavy atom. The van der Waals surface area contributed by atoms with Gasteiger partial charge in [0.15, 0.2) is 0 Å². The fourth-order valence-corrected chi connectivity index (χ4v) is 3.20. The molecule has 1 saturated heterocycles. The summed E-state index contributed by atoms with van der Waals surface area (Å²) in [6.07, 6.45) is 8.25. The molecule has 0 spiro atoms. The van der Waals surface area contributed by atoms with Crippen LogP contribution >= 0.6 is 0 Å². The molecule has 1 aliphatic carbocycles. The van der Waals surface area contributed by atoms with Crippen molar-refractivity contribution in [1.29, 1.82) is 0 Å². The molecule has 0 radical (unpaired) electrons. The number of carbonyl (C=O) groups excluding carboxylic acids is 1. The Morgan fingerprint density at radius 3 is 2.50 bits per heavy atom. The van der Waals surface area contributed by atoms with Crippen molar-refractivity contribution in [2.24, 2.45) is 5.92 Å². The van der Waals surface area contributed by atoms with Crippen LogP contribution in [0.25, 0.3) is 11.1 Å². The SMILES string of the molecule is CN(C)C(=O)c1cc(-c2cnc(N3CCOCC3)nc2)cn1CC1CC1. The molecule has 1 amide bonds. The molecule has 3 heterocycles. The summed E-state index contributed by atoms with van der Waals surface area (Å²) in [5.74, 6) is 1.46. The van der Waals surface area contributed by atoms with Crippen molar-refractivity contribution >= 4 is 11.9 Å². The number of anilines is 1. The summed E-state index contributed by atoms with van der Waals surface area (Å²) in [7, 11) is 3.58. The zero-order valence-corrected chi connectivity index (χ0v) is 15.4. The van der Waals surface area contributed by atoms with Crippen molar-refractivity contribution in [2.45, 2.75) is 19.4 Å². The molecular formula is C19H25N5O2. The lowest BCUT2D eigenvalue weighted by Crippen LogP contribution is -2.37. The Hall–Kier alpha value is -2.41. The van der Waals surface area contributed by atoms with E-state index in [9.17, 15) is 4.79 Å². The number of amides is 1. The molecule has 7 nitrogen and oxygen atoms in total. The third kappa shape index (κ3) is 3.58. The van der Waals surface area contributed by atoms with Crippen molar-refractivity contribution in [2.75, 3.05) is 45.3 Å². The maximum Gasteiger partial charge on any atom is 0.269 e. The standard InChI is InChI=1S/C19H25N5O2/c1-22(2)18(25)17-9-15(13-24(17)12-14-3-4-14)16-10-20-19(21-11-16)23-5-7-26-8-6-23/h9-11,13-14H,3-8,12H2,1-2H3. The topological polar surface area (TPSA) is 63.5 Å². The number of nitrogens with zero attached hydrogens (tertiary/aromatic N) is 5. The van der Waals surface area contributed by atoms with Crippen LogP contribution in [-0.2, 0) is 11.3 Å². The first-order valence-corrected chi connectivity index (χ1v) is 9.19. The van der Waals surface area contributed by atoms with Gasteiger partial charge in [-0.05, 0) is 24.8 Å². The summed E-state index contributed by atoms with van der Waals surface area (Å²) in [5, 5.41) is 0. The second-order valence-corrected chi connectivity index (χ2v) is 7.28. The zero-order valence-electron chi connectivity index (χ0n) is 15.4. The van der Waals surface area contributed by atoms with E-state index in [4.69, 9.17) is 4.74 Å². The van der Waals surface area contributed by atoms with E-state index in [2.05, 4.69) is 25.6 Å². The molecule has 4 rings (SSSR count). The largest absolute Gasteiger partial charge is 0.378 e. The number of hydrogen-bond donors (Lipinski definition) is 0. The number of ether oxygens (including phenoxy) is 1. The Kier molecular flexibility index (Phi) is 4.63. The third-order valence-electron chi connectivity index (χ3n) is 4.94. The van der Waals surface area contributed by atoms with Gasteiger partial charge in [-0.3, -0.25) is 4.79 Å². The van der Waals surface area contributed by atoms with Gasteiger partial charge in [0.1, 0.15) is 5.69 Å². The minimum absolute atomic E-state index is 0.0303. The van der Waals surface area contributed by atoms with Crippen LogP contribution in [0.5, 0.6) is 0 Å². The van der Waals surface area contributed by atoms with E-state index in [1.165, 1.54) is 12.8 Å². The highest BCUT2D eigenvalue weighted by Gasteiger charge is 2.25. The minimum atomic E-state index is 0.0303. The molecule has 2 fully saturated rings. The van der Waals surface area contributed by atoms with E-state index >= 15 is 0 Å². The van der Waals surface area contributed by atoms with Gasteiger partial charge in [0.05, 0.1) is 13.2 Å². The van der Waals surface area contributed by atoms with Gasteiger partial charge < -0.3 is 19.1 Å². The first-order valence-electron chi connectivity index (χ1n) is 9.19. The van der Waals surface area contributed by atoms with Crippen LogP contribution in [0.15, 0.2) is 24.7 Å². The van der Waals surface area contributed by atoms with E-state index in [1.807, 2.05) is 18.5 Å². The number of morpholine rings is 1. The average molecular weight is 355 g/mol. The first kappa shape index (κ1) is 17.0. The van der Waals surface area contributed by atoms with Crippen LogP contribution in [0.3, 0.4) is 0 Å². The minimum Gasteiger partial charge on any atom is -0.378 e. The molecule has 26 heavy (non-hydrogen) atoms. The van der Waals surface area contributed by atoms with Crippen LogP contribution in [0.4, 0.5) is 5.95 Å². The van der Waals surface area contributed by atoms with Crippen LogP contribution in [0.2, 0.25) is 0 Å². The van der Waals surface area contributed by atoms with Gasteiger partial charge in [0, 0.05) is 63.4 Å². The van der Waals surface area contributed by atoms with Gasteiger partial charge in [0.25, 0.3) is 5.91 Å². The molecule has 2 aromatic heterocycles. The molecule has 7 heteroatoms. The number of aromatic nitrogens is 3. The maximum atomic E-state index is 12.5. The van der Waals surface area contributed by atoms with Crippen LogP contribution in [-0.4, -0.2) is 65.7 Å². The van der Waals surface area contributed by atoms with Crippen LogP contribution in [0.1, 0.15) is 23.3 Å². The Morgan fingerprint density at radius 1 is 1.19 bits per heavy atom. The maximum absolute atomic E-state index is 12.5. The highest BCUT2D eigenvalue weighted by atomic mass is 16.5. The monoisotopic (exact) mass is 355 g/mol. The van der Waals surface area contributed by atoms with Crippen LogP contribution in [0, 0.1) is 5.92 Å². The van der Waals surface area contributed by atoms with E-state index in [0.29, 0.717) is 19.1 Å². The quantitative estimate of drug-likeness (QED) is 0.820. The van der Waals surface area contributed by atoms with Gasteiger partial charge in [-0.25, -0.2) is 9.97 Å². The molecule has 0 bridgehead atoms. The lowest BCUT2D eigenvalue weighted by Gasteiger charge is -2.26. The van der Waals surface area contributed by atoms with Gasteiger partial charge in [-0.1, -0.05) is 0 Å². The lowest BCUT2D eigenvalue weighted by atomic mass is 10.2. The molecule has 0 aromatic carbocycles. The van der Waals surface area contributed by atoms with Crippen LogP contribution < -0.4 is 4.90 Å². The fraction of sp³-hybridized carbons (Fsp3) is 0.526. The fourth-order valence-electron chi connectivity index (χ4n) is 3.20. The first-order chi connectivity index (χ1) is 12.6. The molecule has 138 valence electrons. The molecule has 0 atom stereocenters. The molecule has 1 saturated carbocycles. The molecule has 1 aliphatic heterocycles. The Bertz CT molecular complexity index is 774. The summed E-state index contributed by atoms with van der Waals surface area (Å²) in [5.41, 5.74) is 2.66. The van der Waals surface area contributed by atoms with Gasteiger partial charge in [-0.2, -0.15) is 0 Å². The summed E-state index contributed by atoms with van der Waals surface area (Å²) < 4.78 is 7.46. The molecule has 2 aromatic rings. The second-order valence-electron chi connectivity index (χ2n) is 7.28. The smallest absolute Gasteiger partial charge is 0.269 e. The summed E-state index contributed by atoms with van der Waals surface area (Å²) in [4.78, 5) is 25.3. The van der Waals surface area contributed by atoms with Crippen molar-refractivity contribution in [3.63, 3.8) is 0 Å². The van der Waals surface area contributed by atoms with Gasteiger partial charge >= 0.3 is 0 Å². The molecular weight excluding hydrogens is 330 g/mol. The van der Waals surface area contributed by atoms with Crippen molar-refractivity contribution in [1.82, 2.24) is 19.4 Å². The Balaban J connectivity index is 1.59. The molecule has 0 N–H and O–H groups in total. The van der Waals surface area contributed by atoms with E-state index in [1.54, 1.807) is 19.0 Å². The number of carbonyl (C=O) groups is 1. The van der Waals surface area contributed by atoms with Crippen molar-refractivity contribution < 1.29 is 9.53 Å². The summed E-state index contributed by atoms with van der Waals surface area (Å²) in [6, 6.07) is 1.96. The molecule has 0 unspecified atom stereocenters. The predicted molar refractivity (Wildman–Crippen MR) is 99.2 cm³/mol. The second kappa shape index (κ2) is 7.07. The van der Waals surface area contributed by atoms with E-state index in [0.717, 1.165) is 42.4 Å². The number of rotatable bonds is 5. The lowest BCUT2D eigenvalue weighted by molar-refractivity contribution is 0.0816.